The topological polar surface area (TPSA) is 49.9 Å². The molecule has 0 unspecified atom stereocenters. The predicted octanol–water partition coefficient (Wildman–Crippen LogP) is 1.35. The second kappa shape index (κ2) is 3.19. The first-order valence-electron chi connectivity index (χ1n) is 3.47. The lowest BCUT2D eigenvalue weighted by molar-refractivity contribution is 1.24. The Morgan fingerprint density at radius 1 is 1.45 bits per heavy atom. The molecule has 0 atom stereocenters. The van der Waals surface area contributed by atoms with Gasteiger partial charge in [0.15, 0.2) is 0 Å². The van der Waals surface area contributed by atoms with Crippen molar-refractivity contribution in [2.24, 2.45) is 5.73 Å². The van der Waals surface area contributed by atoms with Gasteiger partial charge in [0.1, 0.15) is 5.84 Å². The Morgan fingerprint density at radius 3 is 2.55 bits per heavy atom. The average molecular weight is 147 g/mol. The van der Waals surface area contributed by atoms with Crippen LogP contribution in [0.2, 0.25) is 0 Å². The minimum atomic E-state index is 0.115. The molecular weight excluding hydrogens is 136 g/mol. The van der Waals surface area contributed by atoms with Crippen molar-refractivity contribution in [3.05, 3.63) is 42.3 Å². The summed E-state index contributed by atoms with van der Waals surface area (Å²) in [5, 5.41) is 7.23. The second-order valence-electron chi connectivity index (χ2n) is 2.32. The molecular formula is C9H11N2. The molecule has 2 nitrogen and oxygen atoms in total. The maximum Gasteiger partial charge on any atom is 0.123 e. The fourth-order valence-electron chi connectivity index (χ4n) is 1.00. The smallest absolute Gasteiger partial charge is 0.123 e. The zero-order chi connectivity index (χ0) is 8.27. The molecule has 1 aromatic carbocycles. The van der Waals surface area contributed by atoms with E-state index in [4.69, 9.17) is 11.1 Å². The van der Waals surface area contributed by atoms with Crippen molar-refractivity contribution in [1.82, 2.24) is 0 Å². The maximum absolute atomic E-state index is 7.23. The van der Waals surface area contributed by atoms with Crippen molar-refractivity contribution >= 4 is 5.84 Å². The fourth-order valence-corrected chi connectivity index (χ4v) is 1.00. The summed E-state index contributed by atoms with van der Waals surface area (Å²) in [5.74, 6) is 0.115. The van der Waals surface area contributed by atoms with Gasteiger partial charge in [0.2, 0.25) is 0 Å². The van der Waals surface area contributed by atoms with Gasteiger partial charge in [0.25, 0.3) is 0 Å². The van der Waals surface area contributed by atoms with Gasteiger partial charge in [-0.2, -0.15) is 0 Å². The molecule has 2 heteroatoms. The minimum Gasteiger partial charge on any atom is -0.384 e. The summed E-state index contributed by atoms with van der Waals surface area (Å²) in [4.78, 5) is 0. The quantitative estimate of drug-likeness (QED) is 0.481. The number of benzene rings is 1. The molecule has 11 heavy (non-hydrogen) atoms. The van der Waals surface area contributed by atoms with Gasteiger partial charge in [-0.1, -0.05) is 24.3 Å². The Labute approximate surface area is 66.6 Å². The molecule has 57 valence electrons. The highest BCUT2D eigenvalue weighted by atomic mass is 14.7. The molecule has 0 saturated carbocycles. The number of hydrogen-bond donors (Lipinski definition) is 2. The zero-order valence-electron chi connectivity index (χ0n) is 6.30. The van der Waals surface area contributed by atoms with E-state index in [2.05, 4.69) is 6.92 Å². The maximum atomic E-state index is 7.23. The number of nitrogen functional groups attached to an aromatic ring is 1. The van der Waals surface area contributed by atoms with E-state index in [0.29, 0.717) is 6.42 Å². The van der Waals surface area contributed by atoms with Gasteiger partial charge in [0.05, 0.1) is 0 Å². The second-order valence-corrected chi connectivity index (χ2v) is 2.32. The molecule has 0 aromatic heterocycles. The summed E-state index contributed by atoms with van der Waals surface area (Å²) in [6.45, 7) is 3.75. The molecule has 3 N–H and O–H groups in total. The third-order valence-corrected chi connectivity index (χ3v) is 1.58. The first-order valence-corrected chi connectivity index (χ1v) is 3.47. The van der Waals surface area contributed by atoms with E-state index in [1.165, 1.54) is 0 Å². The van der Waals surface area contributed by atoms with Gasteiger partial charge < -0.3 is 5.73 Å². The van der Waals surface area contributed by atoms with Crippen LogP contribution in [-0.4, -0.2) is 5.84 Å². The fraction of sp³-hybridized carbons (Fsp3) is 0.111. The highest BCUT2D eigenvalue weighted by Crippen LogP contribution is 2.07. The lowest BCUT2D eigenvalue weighted by atomic mass is 10.1. The van der Waals surface area contributed by atoms with Gasteiger partial charge in [-0.05, 0) is 18.9 Å². The number of hydrogen-bond acceptors (Lipinski definition) is 1. The third kappa shape index (κ3) is 1.58. The normalized spacial score (nSPS) is 9.55. The van der Waals surface area contributed by atoms with E-state index >= 15 is 0 Å². The molecule has 0 spiro atoms. The molecule has 1 radical (unpaired) electrons. The first kappa shape index (κ1) is 7.79. The standard InChI is InChI=1S/C9H11N2/c1-2-7-5-3-4-6-8(7)9(10)11/h3-6H,1-2H2,(H3,10,11). The lowest BCUT2D eigenvalue weighted by Gasteiger charge is -2.03. The van der Waals surface area contributed by atoms with E-state index in [0.717, 1.165) is 11.1 Å². The van der Waals surface area contributed by atoms with Gasteiger partial charge >= 0.3 is 0 Å². The summed E-state index contributed by atoms with van der Waals surface area (Å²) in [5.41, 5.74) is 7.17. The number of nitrogens with one attached hydrogen (secondary N) is 1. The van der Waals surface area contributed by atoms with E-state index in [1.54, 1.807) is 0 Å². The van der Waals surface area contributed by atoms with E-state index < -0.39 is 0 Å². The summed E-state index contributed by atoms with van der Waals surface area (Å²) in [7, 11) is 0. The Kier molecular flexibility index (Phi) is 2.26. The lowest BCUT2D eigenvalue weighted by Crippen LogP contribution is -2.13. The summed E-state index contributed by atoms with van der Waals surface area (Å²) in [6.07, 6.45) is 0.676. The molecule has 0 aliphatic carbocycles. The van der Waals surface area contributed by atoms with E-state index in [9.17, 15) is 0 Å². The third-order valence-electron chi connectivity index (χ3n) is 1.58. The zero-order valence-corrected chi connectivity index (χ0v) is 6.30. The van der Waals surface area contributed by atoms with Crippen LogP contribution in [-0.2, 0) is 6.42 Å². The number of amidine groups is 1. The van der Waals surface area contributed by atoms with Crippen molar-refractivity contribution in [3.8, 4) is 0 Å². The highest BCUT2D eigenvalue weighted by Gasteiger charge is 2.00. The van der Waals surface area contributed by atoms with Gasteiger partial charge in [-0.25, -0.2) is 0 Å². The molecule has 0 bridgehead atoms. The Bertz CT molecular complexity index is 266. The van der Waals surface area contributed by atoms with Crippen molar-refractivity contribution < 1.29 is 0 Å². The Balaban J connectivity index is 3.12. The molecule has 0 heterocycles. The van der Waals surface area contributed by atoms with E-state index in [1.807, 2.05) is 24.3 Å². The van der Waals surface area contributed by atoms with Crippen molar-refractivity contribution in [2.75, 3.05) is 0 Å². The minimum absolute atomic E-state index is 0.115. The van der Waals surface area contributed by atoms with Crippen molar-refractivity contribution in [3.63, 3.8) is 0 Å². The van der Waals surface area contributed by atoms with Crippen LogP contribution in [0.1, 0.15) is 11.1 Å². The molecule has 0 saturated heterocycles. The van der Waals surface area contributed by atoms with Crippen LogP contribution < -0.4 is 5.73 Å². The summed E-state index contributed by atoms with van der Waals surface area (Å²) in [6, 6.07) is 7.56. The van der Waals surface area contributed by atoms with Gasteiger partial charge in [0, 0.05) is 5.56 Å². The van der Waals surface area contributed by atoms with Gasteiger partial charge in [-0.15, -0.1) is 0 Å². The highest BCUT2D eigenvalue weighted by molar-refractivity contribution is 5.96. The van der Waals surface area contributed by atoms with Crippen LogP contribution in [0, 0.1) is 12.3 Å². The molecule has 1 aromatic rings. The molecule has 0 aliphatic heterocycles. The monoisotopic (exact) mass is 147 g/mol. The first-order chi connectivity index (χ1) is 5.25. The Hall–Kier alpha value is -1.31. The van der Waals surface area contributed by atoms with Crippen molar-refractivity contribution in [1.29, 1.82) is 5.41 Å². The van der Waals surface area contributed by atoms with Crippen LogP contribution in [0.4, 0.5) is 0 Å². The summed E-state index contributed by atoms with van der Waals surface area (Å²) >= 11 is 0. The number of nitrogens with two attached hydrogens (primary N) is 1. The van der Waals surface area contributed by atoms with Crippen LogP contribution >= 0.6 is 0 Å². The van der Waals surface area contributed by atoms with Crippen molar-refractivity contribution in [2.45, 2.75) is 6.42 Å². The molecule has 0 aliphatic rings. The summed E-state index contributed by atoms with van der Waals surface area (Å²) < 4.78 is 0. The van der Waals surface area contributed by atoms with Crippen LogP contribution in [0.5, 0.6) is 0 Å². The van der Waals surface area contributed by atoms with Gasteiger partial charge in [-0.3, -0.25) is 5.41 Å². The van der Waals surface area contributed by atoms with Crippen LogP contribution in [0.25, 0.3) is 0 Å². The Morgan fingerprint density at radius 2 is 2.09 bits per heavy atom. The average Bonchev–Trinajstić information content (AvgIpc) is 2.04. The molecule has 0 fully saturated rings. The molecule has 1 rings (SSSR count). The predicted molar refractivity (Wildman–Crippen MR) is 46.5 cm³/mol. The SMILES string of the molecule is [CH2]Cc1ccccc1C(=N)N. The molecule has 0 amide bonds. The largest absolute Gasteiger partial charge is 0.384 e. The number of rotatable bonds is 2. The van der Waals surface area contributed by atoms with Crippen LogP contribution in [0.3, 0.4) is 0 Å². The van der Waals surface area contributed by atoms with E-state index in [-0.39, 0.29) is 5.84 Å². The van der Waals surface area contributed by atoms with Crippen LogP contribution in [0.15, 0.2) is 24.3 Å².